The van der Waals surface area contributed by atoms with Crippen molar-refractivity contribution in [3.8, 4) is 0 Å². The summed E-state index contributed by atoms with van der Waals surface area (Å²) in [6, 6.07) is 0. The summed E-state index contributed by atoms with van der Waals surface area (Å²) in [7, 11) is -7.96. The quantitative estimate of drug-likeness (QED) is 0.581. The van der Waals surface area contributed by atoms with E-state index >= 15 is 0 Å². The van der Waals surface area contributed by atoms with E-state index in [-0.39, 0.29) is 46.6 Å². The Morgan fingerprint density at radius 3 is 1.38 bits per heavy atom. The Morgan fingerprint density at radius 1 is 0.938 bits per heavy atom. The Balaban J connectivity index is -0.000000240. The van der Waals surface area contributed by atoms with Gasteiger partial charge in [0, 0.05) is 0 Å². The minimum absolute atomic E-state index is 0. The summed E-state index contributed by atoms with van der Waals surface area (Å²) in [6.07, 6.45) is 0. The first kappa shape index (κ1) is 25.7. The van der Waals surface area contributed by atoms with E-state index in [1.54, 1.807) is 0 Å². The minimum atomic E-state index is -3.98. The normalized spacial score (nSPS) is 16.8. The molecule has 16 heavy (non-hydrogen) atoms. The molecular weight excluding hydrogens is 441 g/mol. The van der Waals surface area contributed by atoms with Gasteiger partial charge in [-0.3, -0.25) is 9.13 Å². The molecule has 0 radical (unpaired) electrons. The van der Waals surface area contributed by atoms with Crippen molar-refractivity contribution in [2.24, 2.45) is 0 Å². The van der Waals surface area contributed by atoms with Crippen molar-refractivity contribution < 1.29 is 49.0 Å². The van der Waals surface area contributed by atoms with Gasteiger partial charge < -0.3 is 31.1 Å². The molecule has 0 spiro atoms. The van der Waals surface area contributed by atoms with Gasteiger partial charge >= 0.3 is 36.3 Å². The van der Waals surface area contributed by atoms with E-state index in [4.69, 9.17) is 9.79 Å². The molecule has 0 fully saturated rings. The van der Waals surface area contributed by atoms with Crippen LogP contribution in [0.15, 0.2) is 0 Å². The molecule has 0 aliphatic rings. The molecule has 0 heterocycles. The van der Waals surface area contributed by atoms with Crippen LogP contribution in [0.2, 0.25) is 0 Å². The fraction of sp³-hybridized carbons (Fsp3) is 1.00. The van der Waals surface area contributed by atoms with Crippen molar-refractivity contribution in [3.63, 3.8) is 0 Å². The van der Waals surface area contributed by atoms with Crippen LogP contribution >= 0.6 is 15.2 Å². The zero-order valence-corrected chi connectivity index (χ0v) is 13.1. The van der Waals surface area contributed by atoms with E-state index in [9.17, 15) is 9.13 Å². The van der Waals surface area contributed by atoms with Gasteiger partial charge in [-0.05, 0) is 13.8 Å². The van der Waals surface area contributed by atoms with Crippen molar-refractivity contribution >= 4 is 15.2 Å². The van der Waals surface area contributed by atoms with E-state index in [2.05, 4.69) is 9.05 Å². The van der Waals surface area contributed by atoms with Gasteiger partial charge in [0.05, 0.1) is 13.2 Å². The van der Waals surface area contributed by atoms with E-state index in [0.29, 0.717) is 0 Å². The molecule has 2 atom stereocenters. The summed E-state index contributed by atoms with van der Waals surface area (Å²) in [5.74, 6) is -0.859. The molecule has 11 heteroatoms. The first-order valence-electron chi connectivity index (χ1n) is 3.75. The topological polar surface area (TPSA) is 160 Å². The maximum absolute atomic E-state index is 11.0. The number of hydrogen-bond donors (Lipinski definition) is 2. The summed E-state index contributed by atoms with van der Waals surface area (Å²) in [5, 5.41) is 0. The van der Waals surface area contributed by atoms with Gasteiger partial charge in [-0.2, -0.15) is 0 Å². The fourth-order valence-electron chi connectivity index (χ4n) is 0.711. The summed E-state index contributed by atoms with van der Waals surface area (Å²) < 4.78 is 30.9. The van der Waals surface area contributed by atoms with Gasteiger partial charge in [-0.15, -0.1) is 0 Å². The third-order valence-corrected chi connectivity index (χ3v) is 5.20. The van der Waals surface area contributed by atoms with Crippen molar-refractivity contribution in [1.82, 2.24) is 0 Å². The summed E-state index contributed by atoms with van der Waals surface area (Å²) in [4.78, 5) is 18.0. The van der Waals surface area contributed by atoms with Crippen LogP contribution in [0.25, 0.3) is 12.3 Å². The summed E-state index contributed by atoms with van der Waals surface area (Å²) in [6.45, 7) is 3.07. The van der Waals surface area contributed by atoms with Crippen LogP contribution in [-0.2, 0) is 39.2 Å². The molecule has 0 saturated carbocycles. The molecule has 0 aromatic carbocycles. The smallest absolute Gasteiger partial charge is 0.693 e. The van der Waals surface area contributed by atoms with Crippen LogP contribution in [0, 0.1) is 0 Å². The second-order valence-electron chi connectivity index (χ2n) is 2.25. The summed E-state index contributed by atoms with van der Waals surface area (Å²) >= 11 is 0. The molecule has 0 bridgehead atoms. The van der Waals surface area contributed by atoms with Crippen LogP contribution in [0.1, 0.15) is 13.8 Å². The van der Waals surface area contributed by atoms with Gasteiger partial charge in [0.2, 0.25) is 0 Å². The van der Waals surface area contributed by atoms with Gasteiger partial charge in [-0.25, -0.2) is 0 Å². The first-order valence-corrected chi connectivity index (χ1v) is 7.28. The second kappa shape index (κ2) is 11.0. The molecule has 0 aromatic heterocycles. The maximum atomic E-state index is 11.0. The van der Waals surface area contributed by atoms with Crippen LogP contribution in [0.4, 0.5) is 0 Å². The summed E-state index contributed by atoms with van der Waals surface area (Å²) in [5.41, 5.74) is 0. The van der Waals surface area contributed by atoms with Crippen LogP contribution < -0.4 is 0 Å². The van der Waals surface area contributed by atoms with Crippen molar-refractivity contribution in [2.45, 2.75) is 13.8 Å². The molecule has 2 unspecified atom stereocenters. The monoisotopic (exact) mass is 459 g/mol. The van der Waals surface area contributed by atoms with E-state index in [1.165, 1.54) is 13.8 Å². The molecule has 0 saturated heterocycles. The molecule has 0 aliphatic carbocycles. The first-order chi connectivity index (χ1) is 5.83. The van der Waals surface area contributed by atoms with Crippen LogP contribution in [0.3, 0.4) is 0 Å². The molecule has 6 N–H and O–H groups in total. The average molecular weight is 459 g/mol. The van der Waals surface area contributed by atoms with Crippen molar-refractivity contribution in [1.29, 1.82) is 0 Å². The molecule has 8 nitrogen and oxygen atoms in total. The predicted molar refractivity (Wildman–Crippen MR) is 58.3 cm³/mol. The van der Waals surface area contributed by atoms with E-state index < -0.39 is 21.1 Å². The van der Waals surface area contributed by atoms with Crippen molar-refractivity contribution in [2.75, 3.05) is 19.1 Å². The fourth-order valence-corrected chi connectivity index (χ4v) is 3.98. The number of nitrogens with two attached hydrogens (primary N) is 2. The maximum Gasteiger partial charge on any atom is 2.00 e. The predicted octanol–water partition coefficient (Wildman–Crippen LogP) is 2.82. The van der Waals surface area contributed by atoms with Crippen molar-refractivity contribution in [3.05, 3.63) is 12.3 Å². The Bertz CT molecular complexity index is 229. The Morgan fingerprint density at radius 2 is 1.19 bits per heavy atom. The Kier molecular flexibility index (Phi) is 17.7. The molecule has 0 amide bonds. The Hall–Kier alpha value is 0.908. The zero-order chi connectivity index (χ0) is 10.5. The van der Waals surface area contributed by atoms with Crippen LogP contribution in [-0.4, -0.2) is 28.9 Å². The van der Waals surface area contributed by atoms with Gasteiger partial charge in [0.15, 0.2) is 5.90 Å². The molecular formula is C5H18N2O6P2Pt. The van der Waals surface area contributed by atoms with E-state index in [0.717, 1.165) is 0 Å². The Labute approximate surface area is 110 Å². The van der Waals surface area contributed by atoms with Gasteiger partial charge in [0.1, 0.15) is 0 Å². The number of hydrogen-bond acceptors (Lipinski definition) is 4. The second-order valence-corrected chi connectivity index (χ2v) is 6.45. The zero-order valence-electron chi connectivity index (χ0n) is 9.01. The standard InChI is InChI=1S/C5H14O6P2.2H2N.Pt/c1-3-10-12(6,7)5-13(8,9)11-4-2;;;/h3-5H2,1-2H3,(H,6,7)(H,8,9);2*1H2;/q;2*-1;+2. The molecule has 0 aliphatic heterocycles. The van der Waals surface area contributed by atoms with Gasteiger partial charge in [0.25, 0.3) is 0 Å². The van der Waals surface area contributed by atoms with Crippen LogP contribution in [0.5, 0.6) is 0 Å². The number of rotatable bonds is 6. The molecule has 104 valence electrons. The molecule has 0 rings (SSSR count). The minimum Gasteiger partial charge on any atom is -0.693 e. The third kappa shape index (κ3) is 13.0. The SMILES string of the molecule is CCOP(=O)(O)CP(=O)(O)OCC.[NH2-].[NH2-].[Pt+2]. The molecule has 0 aromatic rings. The van der Waals surface area contributed by atoms with E-state index in [1.807, 2.05) is 0 Å². The van der Waals surface area contributed by atoms with Gasteiger partial charge in [-0.1, -0.05) is 0 Å². The average Bonchev–Trinajstić information content (AvgIpc) is 1.82. The largest absolute Gasteiger partial charge is 2.00 e. The third-order valence-electron chi connectivity index (χ3n) is 1.02.